The van der Waals surface area contributed by atoms with Crippen molar-refractivity contribution >= 4 is 5.91 Å². The number of hydrogen-bond donors (Lipinski definition) is 1. The van der Waals surface area contributed by atoms with Gasteiger partial charge < -0.3 is 5.73 Å². The molecular formula is C10H19FN2O. The molecule has 2 N–H and O–H groups in total. The molecule has 1 fully saturated rings. The predicted molar refractivity (Wildman–Crippen MR) is 53.6 cm³/mol. The van der Waals surface area contributed by atoms with Gasteiger partial charge in [0.15, 0.2) is 5.67 Å². The van der Waals surface area contributed by atoms with E-state index in [0.717, 1.165) is 0 Å². The number of carbonyl (C=O) groups excluding carboxylic acids is 1. The number of amides is 1. The second-order valence-corrected chi connectivity index (χ2v) is 4.99. The zero-order valence-corrected chi connectivity index (χ0v) is 9.14. The largest absolute Gasteiger partial charge is 0.367 e. The van der Waals surface area contributed by atoms with Crippen LogP contribution in [0, 0.1) is 0 Å². The van der Waals surface area contributed by atoms with Gasteiger partial charge in [0.05, 0.1) is 0 Å². The highest BCUT2D eigenvalue weighted by atomic mass is 19.1. The van der Waals surface area contributed by atoms with Crippen molar-refractivity contribution in [3.05, 3.63) is 0 Å². The number of nitrogens with two attached hydrogens (primary N) is 1. The number of likely N-dealkylation sites (tertiary alicyclic amines) is 1. The fraction of sp³-hybridized carbons (Fsp3) is 0.900. The van der Waals surface area contributed by atoms with E-state index in [4.69, 9.17) is 5.73 Å². The number of rotatable bonds is 1. The molecule has 1 aliphatic heterocycles. The molecule has 0 aliphatic carbocycles. The fourth-order valence-corrected chi connectivity index (χ4v) is 1.78. The Kier molecular flexibility index (Phi) is 2.86. The third kappa shape index (κ3) is 2.23. The predicted octanol–water partition coefficient (Wildman–Crippen LogP) is 1.07. The highest BCUT2D eigenvalue weighted by Crippen LogP contribution is 2.29. The van der Waals surface area contributed by atoms with E-state index in [-0.39, 0.29) is 18.4 Å². The Morgan fingerprint density at radius 1 is 1.36 bits per heavy atom. The lowest BCUT2D eigenvalue weighted by atomic mass is 9.90. The van der Waals surface area contributed by atoms with E-state index in [1.165, 1.54) is 0 Å². The van der Waals surface area contributed by atoms with Crippen LogP contribution in [0.1, 0.15) is 33.6 Å². The van der Waals surface area contributed by atoms with Crippen molar-refractivity contribution in [2.24, 2.45) is 5.73 Å². The molecule has 1 amide bonds. The number of halogens is 1. The SMILES string of the molecule is CC(C)(C)N1CCC(F)(C(N)=O)CC1. The molecule has 14 heavy (non-hydrogen) atoms. The molecule has 0 spiro atoms. The standard InChI is InChI=1S/C10H19FN2O/c1-9(2,3)13-6-4-10(11,5-7-13)8(12)14/h4-7H2,1-3H3,(H2,12,14). The van der Waals surface area contributed by atoms with Crippen LogP contribution >= 0.6 is 0 Å². The molecular weight excluding hydrogens is 183 g/mol. The van der Waals surface area contributed by atoms with Gasteiger partial charge >= 0.3 is 0 Å². The first-order valence-corrected chi connectivity index (χ1v) is 4.99. The maximum absolute atomic E-state index is 13.8. The van der Waals surface area contributed by atoms with Gasteiger partial charge in [0.2, 0.25) is 0 Å². The van der Waals surface area contributed by atoms with E-state index in [2.05, 4.69) is 25.7 Å². The van der Waals surface area contributed by atoms with Gasteiger partial charge in [0.1, 0.15) is 0 Å². The van der Waals surface area contributed by atoms with Crippen LogP contribution in [0.3, 0.4) is 0 Å². The fourth-order valence-electron chi connectivity index (χ4n) is 1.78. The Labute approximate surface area is 84.4 Å². The molecule has 1 aliphatic rings. The van der Waals surface area contributed by atoms with Crippen molar-refractivity contribution in [2.75, 3.05) is 13.1 Å². The molecule has 1 rings (SSSR count). The maximum atomic E-state index is 13.8. The van der Waals surface area contributed by atoms with Crippen LogP contribution in [0.4, 0.5) is 4.39 Å². The van der Waals surface area contributed by atoms with E-state index in [9.17, 15) is 9.18 Å². The lowest BCUT2D eigenvalue weighted by molar-refractivity contribution is -0.133. The van der Waals surface area contributed by atoms with Gasteiger partial charge in [0, 0.05) is 31.5 Å². The quantitative estimate of drug-likeness (QED) is 0.691. The lowest BCUT2D eigenvalue weighted by Crippen LogP contribution is -2.54. The van der Waals surface area contributed by atoms with E-state index < -0.39 is 11.6 Å². The number of alkyl halides is 1. The molecule has 0 aromatic rings. The van der Waals surface area contributed by atoms with Crippen molar-refractivity contribution in [3.63, 3.8) is 0 Å². The van der Waals surface area contributed by atoms with Gasteiger partial charge in [0.25, 0.3) is 5.91 Å². The number of hydrogen-bond acceptors (Lipinski definition) is 2. The van der Waals surface area contributed by atoms with Crippen molar-refractivity contribution in [2.45, 2.75) is 44.8 Å². The Morgan fingerprint density at radius 2 is 1.79 bits per heavy atom. The number of nitrogens with zero attached hydrogens (tertiary/aromatic N) is 1. The van der Waals surface area contributed by atoms with Crippen LogP contribution in [-0.2, 0) is 4.79 Å². The van der Waals surface area contributed by atoms with E-state index in [0.29, 0.717) is 13.1 Å². The van der Waals surface area contributed by atoms with E-state index in [1.807, 2.05) is 0 Å². The Bertz CT molecular complexity index is 227. The monoisotopic (exact) mass is 202 g/mol. The van der Waals surface area contributed by atoms with Gasteiger partial charge in [-0.3, -0.25) is 9.69 Å². The molecule has 1 saturated heterocycles. The molecule has 1 heterocycles. The minimum atomic E-state index is -1.78. The van der Waals surface area contributed by atoms with Crippen molar-refractivity contribution < 1.29 is 9.18 Å². The second kappa shape index (κ2) is 3.50. The summed E-state index contributed by atoms with van der Waals surface area (Å²) in [5.74, 6) is -0.814. The average Bonchev–Trinajstić information content (AvgIpc) is 2.03. The van der Waals surface area contributed by atoms with Crippen LogP contribution in [0.5, 0.6) is 0 Å². The van der Waals surface area contributed by atoms with Gasteiger partial charge in [-0.15, -0.1) is 0 Å². The minimum Gasteiger partial charge on any atom is -0.367 e. The minimum absolute atomic E-state index is 0.0407. The van der Waals surface area contributed by atoms with Crippen molar-refractivity contribution in [1.29, 1.82) is 0 Å². The molecule has 0 bridgehead atoms. The van der Waals surface area contributed by atoms with Crippen LogP contribution in [-0.4, -0.2) is 35.1 Å². The van der Waals surface area contributed by atoms with Crippen LogP contribution in [0.15, 0.2) is 0 Å². The molecule has 82 valence electrons. The molecule has 0 saturated carbocycles. The molecule has 3 nitrogen and oxygen atoms in total. The highest BCUT2D eigenvalue weighted by Gasteiger charge is 2.41. The first kappa shape index (κ1) is 11.4. The number of carbonyl (C=O) groups is 1. The molecule has 0 aromatic carbocycles. The van der Waals surface area contributed by atoms with Crippen LogP contribution in [0.2, 0.25) is 0 Å². The highest BCUT2D eigenvalue weighted by molar-refractivity contribution is 5.83. The Morgan fingerprint density at radius 3 is 2.07 bits per heavy atom. The van der Waals surface area contributed by atoms with Gasteiger partial charge in [-0.1, -0.05) is 0 Å². The van der Waals surface area contributed by atoms with E-state index >= 15 is 0 Å². The Balaban J connectivity index is 2.59. The normalized spacial score (nSPS) is 23.4. The first-order valence-electron chi connectivity index (χ1n) is 4.99. The summed E-state index contributed by atoms with van der Waals surface area (Å²) >= 11 is 0. The lowest BCUT2D eigenvalue weighted by Gasteiger charge is -2.42. The second-order valence-electron chi connectivity index (χ2n) is 4.99. The summed E-state index contributed by atoms with van der Waals surface area (Å²) in [5.41, 5.74) is 3.29. The summed E-state index contributed by atoms with van der Waals surface area (Å²) in [6.45, 7) is 7.46. The summed E-state index contributed by atoms with van der Waals surface area (Å²) in [7, 11) is 0. The molecule has 4 heteroatoms. The van der Waals surface area contributed by atoms with Gasteiger partial charge in [-0.25, -0.2) is 4.39 Å². The average molecular weight is 202 g/mol. The third-order valence-corrected chi connectivity index (χ3v) is 2.95. The van der Waals surface area contributed by atoms with Gasteiger partial charge in [-0.2, -0.15) is 0 Å². The third-order valence-electron chi connectivity index (χ3n) is 2.95. The maximum Gasteiger partial charge on any atom is 0.255 e. The summed E-state index contributed by atoms with van der Waals surface area (Å²) in [5, 5.41) is 0. The molecule has 0 unspecified atom stereocenters. The van der Waals surface area contributed by atoms with Crippen molar-refractivity contribution in [3.8, 4) is 0 Å². The van der Waals surface area contributed by atoms with Crippen LogP contribution < -0.4 is 5.73 Å². The van der Waals surface area contributed by atoms with Gasteiger partial charge in [-0.05, 0) is 20.8 Å². The van der Waals surface area contributed by atoms with Crippen molar-refractivity contribution in [1.82, 2.24) is 4.90 Å². The summed E-state index contributed by atoms with van der Waals surface area (Å²) in [6, 6.07) is 0. The van der Waals surface area contributed by atoms with E-state index in [1.54, 1.807) is 0 Å². The zero-order valence-electron chi connectivity index (χ0n) is 9.14. The molecule has 0 radical (unpaired) electrons. The number of primary amides is 1. The summed E-state index contributed by atoms with van der Waals surface area (Å²) in [6.07, 6.45) is 0.444. The molecule has 0 atom stereocenters. The summed E-state index contributed by atoms with van der Waals surface area (Å²) < 4.78 is 13.8. The molecule has 0 aromatic heterocycles. The zero-order chi connectivity index (χ0) is 11.0. The smallest absolute Gasteiger partial charge is 0.255 e. The Hall–Kier alpha value is -0.640. The topological polar surface area (TPSA) is 46.3 Å². The first-order chi connectivity index (χ1) is 6.26. The number of piperidine rings is 1. The van der Waals surface area contributed by atoms with Crippen LogP contribution in [0.25, 0.3) is 0 Å². The summed E-state index contributed by atoms with van der Waals surface area (Å²) in [4.78, 5) is 13.0.